The van der Waals surface area contributed by atoms with Crippen molar-refractivity contribution in [1.29, 1.82) is 0 Å². The predicted molar refractivity (Wildman–Crippen MR) is 97.8 cm³/mol. The molecule has 1 rings (SSSR count). The highest BCUT2D eigenvalue weighted by Gasteiger charge is 2.15. The Kier molecular flexibility index (Phi) is 8.46. The van der Waals surface area contributed by atoms with Crippen LogP contribution in [0, 0.1) is 15.1 Å². The molecule has 118 valence electrons. The molecule has 0 saturated heterocycles. The first kappa shape index (κ1) is 18.9. The molecule has 0 radical (unpaired) electrons. The molecule has 22 heavy (non-hydrogen) atoms. The third-order valence-electron chi connectivity index (χ3n) is 3.06. The van der Waals surface area contributed by atoms with Crippen molar-refractivity contribution in [2.75, 3.05) is 6.61 Å². The lowest BCUT2D eigenvalue weighted by atomic mass is 10.1. The normalized spacial score (nSPS) is 15.0. The van der Waals surface area contributed by atoms with Crippen molar-refractivity contribution in [3.05, 3.63) is 46.3 Å². The lowest BCUT2D eigenvalue weighted by molar-refractivity contribution is -0.462. The van der Waals surface area contributed by atoms with Crippen LogP contribution in [-0.2, 0) is 4.74 Å². The summed E-state index contributed by atoms with van der Waals surface area (Å²) in [5, 5.41) is 16.6. The van der Waals surface area contributed by atoms with Crippen molar-refractivity contribution in [1.82, 2.24) is 0 Å². The Hall–Kier alpha value is -1.10. The molecule has 6 heteroatoms. The molecule has 0 heterocycles. The fourth-order valence-corrected chi connectivity index (χ4v) is 2.10. The van der Waals surface area contributed by atoms with Gasteiger partial charge in [0.05, 0.1) is 6.10 Å². The van der Waals surface area contributed by atoms with Crippen LogP contribution in [0.3, 0.4) is 0 Å². The van der Waals surface area contributed by atoms with Crippen LogP contribution < -0.4 is 0 Å². The first-order valence-electron chi connectivity index (χ1n) is 6.76. The molecule has 4 nitrogen and oxygen atoms in total. The van der Waals surface area contributed by atoms with Crippen molar-refractivity contribution in [2.45, 2.75) is 32.9 Å². The minimum atomic E-state index is -0.274. The standard InChI is InChI=1S/C16H18ClIN2O2/c1-12(15-7-4-5-8-16(15)17)11-20(21)19-13(2)14(3)22-10-6-9-18/h4-5,7-8,11,13-14H,10H2,1-3H3/b12-11+,20-19?. The highest BCUT2D eigenvalue weighted by molar-refractivity contribution is 14.1. The van der Waals surface area contributed by atoms with Crippen LogP contribution in [0.4, 0.5) is 0 Å². The fourth-order valence-electron chi connectivity index (χ4n) is 1.66. The number of allylic oxidation sites excluding steroid dienone is 1. The van der Waals surface area contributed by atoms with Gasteiger partial charge in [-0.2, -0.15) is 0 Å². The first-order valence-corrected chi connectivity index (χ1v) is 8.22. The lowest BCUT2D eigenvalue weighted by Crippen LogP contribution is -2.23. The van der Waals surface area contributed by atoms with E-state index in [1.54, 1.807) is 6.07 Å². The number of rotatable bonds is 6. The summed E-state index contributed by atoms with van der Waals surface area (Å²) >= 11 is 8.06. The Morgan fingerprint density at radius 2 is 2.18 bits per heavy atom. The van der Waals surface area contributed by atoms with Gasteiger partial charge in [0.25, 0.3) is 0 Å². The molecule has 0 amide bonds. The topological polar surface area (TPSA) is 47.7 Å². The Morgan fingerprint density at radius 3 is 2.82 bits per heavy atom. The van der Waals surface area contributed by atoms with E-state index in [0.717, 1.165) is 11.1 Å². The maximum absolute atomic E-state index is 11.9. The number of nitrogens with zero attached hydrogens (tertiary/aromatic N) is 2. The summed E-state index contributed by atoms with van der Waals surface area (Å²) in [6.07, 6.45) is 1.22. The molecule has 0 saturated carbocycles. The number of azo groups is 1. The van der Waals surface area contributed by atoms with Gasteiger partial charge in [-0.05, 0) is 35.9 Å². The van der Waals surface area contributed by atoms with Crippen molar-refractivity contribution in [3.8, 4) is 9.85 Å². The lowest BCUT2D eigenvalue weighted by Gasteiger charge is -2.13. The van der Waals surface area contributed by atoms with Crippen molar-refractivity contribution >= 4 is 39.8 Å². The first-order chi connectivity index (χ1) is 10.5. The van der Waals surface area contributed by atoms with Crippen LogP contribution in [0.2, 0.25) is 5.02 Å². The minimum Gasteiger partial charge on any atom is -0.595 e. The number of halogens is 2. The van der Waals surface area contributed by atoms with E-state index in [9.17, 15) is 5.21 Å². The molecule has 2 atom stereocenters. The van der Waals surface area contributed by atoms with E-state index < -0.39 is 0 Å². The molecule has 0 aliphatic carbocycles. The SMILES string of the molecule is C/C(=C\[N+]([O-])=NC(C)C(C)OCC#CI)c1ccccc1Cl. The fraction of sp³-hybridized carbons (Fsp3) is 0.375. The quantitative estimate of drug-likeness (QED) is 0.212. The average molecular weight is 433 g/mol. The Balaban J connectivity index is 2.77. The zero-order valence-corrected chi connectivity index (χ0v) is 15.6. The zero-order valence-electron chi connectivity index (χ0n) is 12.7. The molecule has 0 bridgehead atoms. The Morgan fingerprint density at radius 1 is 1.50 bits per heavy atom. The van der Waals surface area contributed by atoms with E-state index in [1.807, 2.05) is 61.6 Å². The van der Waals surface area contributed by atoms with E-state index in [4.69, 9.17) is 16.3 Å². The molecular weight excluding hydrogens is 415 g/mol. The van der Waals surface area contributed by atoms with Gasteiger partial charge in [-0.25, -0.2) is 0 Å². The van der Waals surface area contributed by atoms with Crippen molar-refractivity contribution in [3.63, 3.8) is 0 Å². The van der Waals surface area contributed by atoms with Gasteiger partial charge >= 0.3 is 0 Å². The van der Waals surface area contributed by atoms with Crippen LogP contribution in [0.15, 0.2) is 35.6 Å². The van der Waals surface area contributed by atoms with Crippen molar-refractivity contribution < 1.29 is 9.60 Å². The van der Waals surface area contributed by atoms with Gasteiger partial charge in [0.15, 0.2) is 0 Å². The summed E-state index contributed by atoms with van der Waals surface area (Å²) in [4.78, 5) is 0.563. The number of hydrogen-bond acceptors (Lipinski definition) is 3. The maximum atomic E-state index is 11.9. The number of hydrogen-bond donors (Lipinski definition) is 0. The zero-order chi connectivity index (χ0) is 16.5. The van der Waals surface area contributed by atoms with E-state index in [2.05, 4.69) is 15.0 Å². The van der Waals surface area contributed by atoms with E-state index in [-0.39, 0.29) is 12.1 Å². The van der Waals surface area contributed by atoms with Gasteiger partial charge in [-0.1, -0.05) is 40.6 Å². The summed E-state index contributed by atoms with van der Waals surface area (Å²) in [5.74, 6) is 2.80. The average Bonchev–Trinajstić information content (AvgIpc) is 2.47. The van der Waals surface area contributed by atoms with Crippen LogP contribution in [-0.4, -0.2) is 23.6 Å². The summed E-state index contributed by atoms with van der Waals surface area (Å²) in [7, 11) is 0. The smallest absolute Gasteiger partial charge is 0.212 e. The summed E-state index contributed by atoms with van der Waals surface area (Å²) in [6.45, 7) is 5.84. The largest absolute Gasteiger partial charge is 0.595 e. The van der Waals surface area contributed by atoms with Crippen LogP contribution in [0.1, 0.15) is 26.3 Å². The van der Waals surface area contributed by atoms with Crippen LogP contribution >= 0.6 is 34.2 Å². The summed E-state index contributed by atoms with van der Waals surface area (Å²) in [5.41, 5.74) is 1.57. The molecular formula is C16H18ClIN2O2. The third kappa shape index (κ3) is 6.34. The van der Waals surface area contributed by atoms with Crippen molar-refractivity contribution in [2.24, 2.45) is 5.11 Å². The molecule has 1 aromatic rings. The molecule has 0 spiro atoms. The monoisotopic (exact) mass is 432 g/mol. The summed E-state index contributed by atoms with van der Waals surface area (Å²) < 4.78 is 8.20. The van der Waals surface area contributed by atoms with Gasteiger partial charge in [-0.3, -0.25) is 0 Å². The van der Waals surface area contributed by atoms with Gasteiger partial charge in [0.1, 0.15) is 12.6 Å². The molecule has 0 aliphatic heterocycles. The second-order valence-electron chi connectivity index (χ2n) is 4.74. The second-order valence-corrected chi connectivity index (χ2v) is 5.68. The van der Waals surface area contributed by atoms with E-state index >= 15 is 0 Å². The molecule has 0 aromatic heterocycles. The molecule has 0 N–H and O–H groups in total. The van der Waals surface area contributed by atoms with E-state index in [1.165, 1.54) is 6.20 Å². The number of hydroxylamine groups is 1. The van der Waals surface area contributed by atoms with Crippen LogP contribution in [0.25, 0.3) is 5.57 Å². The highest BCUT2D eigenvalue weighted by atomic mass is 127. The maximum Gasteiger partial charge on any atom is 0.212 e. The van der Waals surface area contributed by atoms with Gasteiger partial charge in [0.2, 0.25) is 6.20 Å². The van der Waals surface area contributed by atoms with Gasteiger partial charge in [-0.15, -0.1) is 0 Å². The second kappa shape index (κ2) is 9.82. The van der Waals surface area contributed by atoms with Crippen LogP contribution in [0.5, 0.6) is 0 Å². The Bertz CT molecular complexity index is 620. The Labute approximate surface area is 149 Å². The highest BCUT2D eigenvalue weighted by Crippen LogP contribution is 2.23. The minimum absolute atomic E-state index is 0.192. The van der Waals surface area contributed by atoms with Gasteiger partial charge < -0.3 is 9.94 Å². The number of ether oxygens (including phenoxy) is 1. The number of benzene rings is 1. The molecule has 1 aromatic carbocycles. The van der Waals surface area contributed by atoms with E-state index in [0.29, 0.717) is 16.5 Å². The summed E-state index contributed by atoms with van der Waals surface area (Å²) in [6, 6.07) is 7.09. The molecule has 2 unspecified atom stereocenters. The molecule has 0 aliphatic rings. The van der Waals surface area contributed by atoms with Gasteiger partial charge in [0, 0.05) is 38.8 Å². The third-order valence-corrected chi connectivity index (χ3v) is 3.77. The molecule has 0 fully saturated rings. The predicted octanol–water partition coefficient (Wildman–Crippen LogP) is 4.85.